The van der Waals surface area contributed by atoms with Crippen LogP contribution >= 0.6 is 0 Å². The molecule has 4 heteroatoms. The fourth-order valence-electron chi connectivity index (χ4n) is 2.84. The number of esters is 1. The number of aromatic nitrogens is 1. The molecule has 0 saturated heterocycles. The van der Waals surface area contributed by atoms with Crippen LogP contribution in [0.4, 0.5) is 0 Å². The van der Waals surface area contributed by atoms with Crippen LogP contribution in [0.15, 0.2) is 18.2 Å². The first-order valence-corrected chi connectivity index (χ1v) is 7.41. The molecule has 110 valence electrons. The molecule has 0 radical (unpaired) electrons. The van der Waals surface area contributed by atoms with Gasteiger partial charge >= 0.3 is 5.97 Å². The molecule has 0 amide bonds. The Kier molecular flexibility index (Phi) is 3.53. The minimum atomic E-state index is -0.701. The van der Waals surface area contributed by atoms with Crippen LogP contribution in [0.2, 0.25) is 0 Å². The Balaban J connectivity index is 1.93. The Morgan fingerprint density at radius 1 is 1.24 bits per heavy atom. The molecular weight excluding hydrogens is 266 g/mol. The smallest absolute Gasteiger partial charge is 0.338 e. The number of Topliss-reactive ketones (excluding diaryl/α,β-unsaturated/α-hetero) is 1. The number of rotatable bonds is 3. The van der Waals surface area contributed by atoms with Gasteiger partial charge in [-0.05, 0) is 63.3 Å². The number of hydrogen-bond acceptors (Lipinski definition) is 3. The minimum Gasteiger partial charge on any atom is -0.451 e. The molecule has 3 rings (SSSR count). The van der Waals surface area contributed by atoms with Crippen LogP contribution in [0.1, 0.15) is 48.3 Å². The van der Waals surface area contributed by atoms with Crippen molar-refractivity contribution in [2.24, 2.45) is 0 Å². The summed E-state index contributed by atoms with van der Waals surface area (Å²) in [6.07, 6.45) is 3.83. The molecule has 2 aromatic rings. The number of aromatic amines is 1. The number of H-pyrrole nitrogens is 1. The first kappa shape index (κ1) is 13.9. The average molecular weight is 285 g/mol. The maximum atomic E-state index is 12.1. The van der Waals surface area contributed by atoms with E-state index in [9.17, 15) is 9.59 Å². The summed E-state index contributed by atoms with van der Waals surface area (Å²) in [5.41, 5.74) is 4.19. The Hall–Kier alpha value is -2.10. The minimum absolute atomic E-state index is 0.150. The van der Waals surface area contributed by atoms with Crippen molar-refractivity contribution >= 4 is 22.7 Å². The Bertz CT molecular complexity index is 714. The summed E-state index contributed by atoms with van der Waals surface area (Å²) in [7, 11) is 0. The van der Waals surface area contributed by atoms with Crippen molar-refractivity contribution in [1.29, 1.82) is 0 Å². The Morgan fingerprint density at radius 2 is 2.00 bits per heavy atom. The van der Waals surface area contributed by atoms with Crippen molar-refractivity contribution in [3.05, 3.63) is 35.0 Å². The van der Waals surface area contributed by atoms with Crippen LogP contribution < -0.4 is 0 Å². The van der Waals surface area contributed by atoms with Crippen LogP contribution in [0.25, 0.3) is 10.9 Å². The lowest BCUT2D eigenvalue weighted by Crippen LogP contribution is -2.21. The molecule has 1 atom stereocenters. The molecule has 0 fully saturated rings. The van der Waals surface area contributed by atoms with E-state index in [4.69, 9.17) is 4.74 Å². The molecule has 1 aromatic carbocycles. The molecule has 4 nitrogen and oxygen atoms in total. The van der Waals surface area contributed by atoms with E-state index in [0.29, 0.717) is 5.56 Å². The van der Waals surface area contributed by atoms with Gasteiger partial charge in [-0.1, -0.05) is 0 Å². The maximum absolute atomic E-state index is 12.1. The van der Waals surface area contributed by atoms with Crippen LogP contribution in [0.3, 0.4) is 0 Å². The van der Waals surface area contributed by atoms with E-state index in [2.05, 4.69) is 4.98 Å². The lowest BCUT2D eigenvalue weighted by atomic mass is 9.95. The van der Waals surface area contributed by atoms with Gasteiger partial charge in [0.15, 0.2) is 11.9 Å². The van der Waals surface area contributed by atoms with Crippen molar-refractivity contribution < 1.29 is 14.3 Å². The SMILES string of the molecule is CC(=O)C(C)OC(=O)c1ccc2[nH]c3c(c2c1)CCCC3. The van der Waals surface area contributed by atoms with Crippen molar-refractivity contribution in [3.63, 3.8) is 0 Å². The third-order valence-corrected chi connectivity index (χ3v) is 4.19. The molecule has 1 aliphatic carbocycles. The zero-order valence-electron chi connectivity index (χ0n) is 12.4. The number of ketones is 1. The van der Waals surface area contributed by atoms with Gasteiger partial charge in [-0.25, -0.2) is 4.79 Å². The lowest BCUT2D eigenvalue weighted by molar-refractivity contribution is -0.124. The Labute approximate surface area is 123 Å². The number of carbonyl (C=O) groups is 2. The second-order valence-corrected chi connectivity index (χ2v) is 5.71. The van der Waals surface area contributed by atoms with Crippen molar-refractivity contribution in [2.45, 2.75) is 45.6 Å². The molecule has 1 N–H and O–H groups in total. The zero-order chi connectivity index (χ0) is 15.0. The average Bonchev–Trinajstić information content (AvgIpc) is 2.84. The summed E-state index contributed by atoms with van der Waals surface area (Å²) in [4.78, 5) is 26.7. The molecule has 0 aliphatic heterocycles. The number of fused-ring (bicyclic) bond motifs is 3. The predicted octanol–water partition coefficient (Wildman–Crippen LogP) is 3.18. The quantitative estimate of drug-likeness (QED) is 0.881. The van der Waals surface area contributed by atoms with Crippen molar-refractivity contribution in [2.75, 3.05) is 0 Å². The van der Waals surface area contributed by atoms with Gasteiger partial charge in [-0.2, -0.15) is 0 Å². The van der Waals surface area contributed by atoms with Crippen LogP contribution in [-0.4, -0.2) is 22.8 Å². The van der Waals surface area contributed by atoms with Gasteiger partial charge in [0, 0.05) is 16.6 Å². The highest BCUT2D eigenvalue weighted by Gasteiger charge is 2.19. The van der Waals surface area contributed by atoms with Gasteiger partial charge in [0.1, 0.15) is 0 Å². The van der Waals surface area contributed by atoms with Crippen LogP contribution in [-0.2, 0) is 22.4 Å². The molecule has 1 aliphatic rings. The first-order valence-electron chi connectivity index (χ1n) is 7.41. The number of carbonyl (C=O) groups excluding carboxylic acids is 2. The van der Waals surface area contributed by atoms with E-state index in [1.165, 1.54) is 31.0 Å². The molecular formula is C17H19NO3. The molecule has 1 heterocycles. The van der Waals surface area contributed by atoms with E-state index in [1.807, 2.05) is 12.1 Å². The number of aryl methyl sites for hydroxylation is 2. The lowest BCUT2D eigenvalue weighted by Gasteiger charge is -2.11. The molecule has 0 bridgehead atoms. The van der Waals surface area contributed by atoms with Gasteiger partial charge in [0.2, 0.25) is 0 Å². The van der Waals surface area contributed by atoms with Gasteiger partial charge in [0.05, 0.1) is 5.56 Å². The molecule has 1 unspecified atom stereocenters. The standard InChI is InChI=1S/C17H19NO3/c1-10(19)11(2)21-17(20)12-7-8-16-14(9-12)13-5-3-4-6-15(13)18-16/h7-9,11,18H,3-6H2,1-2H3. The van der Waals surface area contributed by atoms with E-state index >= 15 is 0 Å². The third kappa shape index (κ3) is 2.58. The van der Waals surface area contributed by atoms with Crippen molar-refractivity contribution in [3.8, 4) is 0 Å². The topological polar surface area (TPSA) is 59.2 Å². The summed E-state index contributed by atoms with van der Waals surface area (Å²) in [6, 6.07) is 5.55. The van der Waals surface area contributed by atoms with Crippen molar-refractivity contribution in [1.82, 2.24) is 4.98 Å². The second kappa shape index (κ2) is 5.35. The molecule has 0 saturated carbocycles. The number of ether oxygens (including phenoxy) is 1. The number of hydrogen-bond donors (Lipinski definition) is 1. The summed E-state index contributed by atoms with van der Waals surface area (Å²) >= 11 is 0. The molecule has 21 heavy (non-hydrogen) atoms. The van der Waals surface area contributed by atoms with Crippen LogP contribution in [0, 0.1) is 0 Å². The van der Waals surface area contributed by atoms with E-state index in [0.717, 1.165) is 23.7 Å². The third-order valence-electron chi connectivity index (χ3n) is 4.19. The number of nitrogens with one attached hydrogen (secondary N) is 1. The monoisotopic (exact) mass is 285 g/mol. The van der Waals surface area contributed by atoms with Gasteiger partial charge in [-0.3, -0.25) is 4.79 Å². The fourth-order valence-corrected chi connectivity index (χ4v) is 2.84. The first-order chi connectivity index (χ1) is 10.1. The second-order valence-electron chi connectivity index (χ2n) is 5.71. The maximum Gasteiger partial charge on any atom is 0.338 e. The molecule has 1 aromatic heterocycles. The van der Waals surface area contributed by atoms with Gasteiger partial charge in [-0.15, -0.1) is 0 Å². The van der Waals surface area contributed by atoms with E-state index in [1.54, 1.807) is 13.0 Å². The summed E-state index contributed by atoms with van der Waals surface area (Å²) in [6.45, 7) is 3.01. The number of benzene rings is 1. The van der Waals surface area contributed by atoms with E-state index < -0.39 is 12.1 Å². The van der Waals surface area contributed by atoms with E-state index in [-0.39, 0.29) is 5.78 Å². The fraction of sp³-hybridized carbons (Fsp3) is 0.412. The highest BCUT2D eigenvalue weighted by molar-refractivity contribution is 5.97. The summed E-state index contributed by atoms with van der Waals surface area (Å²) < 4.78 is 5.17. The normalized spacial score (nSPS) is 15.5. The van der Waals surface area contributed by atoms with Gasteiger partial charge < -0.3 is 9.72 Å². The summed E-state index contributed by atoms with van der Waals surface area (Å²) in [5.74, 6) is -0.589. The largest absolute Gasteiger partial charge is 0.451 e. The van der Waals surface area contributed by atoms with Crippen LogP contribution in [0.5, 0.6) is 0 Å². The highest BCUT2D eigenvalue weighted by Crippen LogP contribution is 2.29. The summed E-state index contributed by atoms with van der Waals surface area (Å²) in [5, 5.41) is 1.11. The highest BCUT2D eigenvalue weighted by atomic mass is 16.5. The Morgan fingerprint density at radius 3 is 2.76 bits per heavy atom. The predicted molar refractivity (Wildman–Crippen MR) is 80.5 cm³/mol. The molecule has 0 spiro atoms. The zero-order valence-corrected chi connectivity index (χ0v) is 12.4. The van der Waals surface area contributed by atoms with Gasteiger partial charge in [0.25, 0.3) is 0 Å².